The Hall–Kier alpha value is -3.99. The van der Waals surface area contributed by atoms with Gasteiger partial charge in [-0.1, -0.05) is 30.3 Å². The summed E-state index contributed by atoms with van der Waals surface area (Å²) in [6.45, 7) is 4.17. The van der Waals surface area contributed by atoms with Crippen LogP contribution in [0.4, 0.5) is 0 Å². The molecule has 0 saturated carbocycles. The molecule has 1 heterocycles. The second kappa shape index (κ2) is 11.6. The van der Waals surface area contributed by atoms with E-state index in [1.54, 1.807) is 18.2 Å². The van der Waals surface area contributed by atoms with Crippen LogP contribution < -0.4 is 5.32 Å². The predicted molar refractivity (Wildman–Crippen MR) is 123 cm³/mol. The van der Waals surface area contributed by atoms with Crippen LogP contribution >= 0.6 is 0 Å². The lowest BCUT2D eigenvalue weighted by molar-refractivity contribution is -0.270. The summed E-state index contributed by atoms with van der Waals surface area (Å²) in [6.07, 6.45) is -5.25. The van der Waals surface area contributed by atoms with Gasteiger partial charge < -0.3 is 29.0 Å². The van der Waals surface area contributed by atoms with Crippen LogP contribution in [0.2, 0.25) is 0 Å². The Morgan fingerprint density at radius 3 is 2.00 bits per heavy atom. The fourth-order valence-electron chi connectivity index (χ4n) is 3.89. The van der Waals surface area contributed by atoms with Crippen molar-refractivity contribution in [1.82, 2.24) is 5.32 Å². The van der Waals surface area contributed by atoms with E-state index in [-0.39, 0.29) is 5.56 Å². The Balaban J connectivity index is 1.98. The van der Waals surface area contributed by atoms with Gasteiger partial charge in [0.25, 0.3) is 5.91 Å². The molecule has 1 aliphatic rings. The van der Waals surface area contributed by atoms with Gasteiger partial charge in [-0.2, -0.15) is 0 Å². The van der Waals surface area contributed by atoms with Crippen LogP contribution in [0.5, 0.6) is 0 Å². The molecule has 1 saturated heterocycles. The largest absolute Gasteiger partial charge is 0.463 e. The van der Waals surface area contributed by atoms with Gasteiger partial charge in [-0.25, -0.2) is 0 Å². The van der Waals surface area contributed by atoms with Crippen molar-refractivity contribution in [2.24, 2.45) is 0 Å². The van der Waals surface area contributed by atoms with Crippen molar-refractivity contribution >= 4 is 40.6 Å². The molecule has 3 rings (SSSR count). The third-order valence-corrected chi connectivity index (χ3v) is 5.29. The van der Waals surface area contributed by atoms with E-state index in [1.165, 1.54) is 6.92 Å². The smallest absolute Gasteiger partial charge is 0.305 e. The van der Waals surface area contributed by atoms with Crippen molar-refractivity contribution < 1.29 is 47.7 Å². The number of hydrogen-bond donors (Lipinski definition) is 1. The Bertz CT molecular complexity index is 1160. The Morgan fingerprint density at radius 1 is 0.778 bits per heavy atom. The first kappa shape index (κ1) is 26.6. The number of amides is 1. The van der Waals surface area contributed by atoms with Crippen LogP contribution in [0.1, 0.15) is 38.1 Å². The summed E-state index contributed by atoms with van der Waals surface area (Å²) in [5, 5.41) is 4.42. The highest BCUT2D eigenvalue weighted by molar-refractivity contribution is 5.98. The lowest BCUT2D eigenvalue weighted by atomic mass is 9.95. The van der Waals surface area contributed by atoms with E-state index in [0.717, 1.165) is 31.5 Å². The molecule has 1 fully saturated rings. The molecule has 0 radical (unpaired) electrons. The summed E-state index contributed by atoms with van der Waals surface area (Å²) in [7, 11) is 0. The zero-order valence-corrected chi connectivity index (χ0v) is 20.2. The van der Waals surface area contributed by atoms with Crippen LogP contribution in [0, 0.1) is 0 Å². The van der Waals surface area contributed by atoms with Gasteiger partial charge in [-0.15, -0.1) is 0 Å². The van der Waals surface area contributed by atoms with Crippen molar-refractivity contribution in [3.8, 4) is 0 Å². The average Bonchev–Trinajstić information content (AvgIpc) is 2.80. The molecule has 1 aliphatic heterocycles. The number of benzene rings is 2. The lowest BCUT2D eigenvalue weighted by Crippen LogP contribution is -2.67. The average molecular weight is 501 g/mol. The summed E-state index contributed by atoms with van der Waals surface area (Å²) in [5.74, 6) is -3.46. The second-order valence-corrected chi connectivity index (χ2v) is 8.16. The third kappa shape index (κ3) is 6.79. The van der Waals surface area contributed by atoms with Crippen molar-refractivity contribution in [3.63, 3.8) is 0 Å². The van der Waals surface area contributed by atoms with Gasteiger partial charge in [-0.05, 0) is 22.9 Å². The number of hydrogen-bond acceptors (Lipinski definition) is 10. The minimum absolute atomic E-state index is 0.280. The molecule has 0 spiro atoms. The molecule has 11 nitrogen and oxygen atoms in total. The first-order valence-electron chi connectivity index (χ1n) is 11.1. The fourth-order valence-corrected chi connectivity index (χ4v) is 3.89. The number of fused-ring (bicyclic) bond motifs is 1. The van der Waals surface area contributed by atoms with Gasteiger partial charge in [0.2, 0.25) is 6.29 Å². The van der Waals surface area contributed by atoms with E-state index in [0.29, 0.717) is 0 Å². The number of esters is 4. The molecule has 1 N–H and O–H groups in total. The van der Waals surface area contributed by atoms with Crippen LogP contribution in [-0.2, 0) is 42.9 Å². The second-order valence-electron chi connectivity index (χ2n) is 8.16. The highest BCUT2D eigenvalue weighted by atomic mass is 16.7. The summed E-state index contributed by atoms with van der Waals surface area (Å²) < 4.78 is 26.8. The van der Waals surface area contributed by atoms with E-state index in [2.05, 4.69) is 5.32 Å². The molecule has 5 atom stereocenters. The molecule has 11 heteroatoms. The molecule has 2 aromatic rings. The number of nitrogens with one attached hydrogen (secondary N) is 1. The minimum atomic E-state index is -1.45. The quantitative estimate of drug-likeness (QED) is 0.439. The lowest BCUT2D eigenvalue weighted by Gasteiger charge is -2.44. The van der Waals surface area contributed by atoms with Gasteiger partial charge in [0.05, 0.1) is 0 Å². The summed E-state index contributed by atoms with van der Waals surface area (Å²) in [4.78, 5) is 60.3. The van der Waals surface area contributed by atoms with Crippen LogP contribution in [0.3, 0.4) is 0 Å². The molecular formula is C25H27NO10. The molecule has 2 aromatic carbocycles. The first-order chi connectivity index (χ1) is 17.0. The van der Waals surface area contributed by atoms with Crippen LogP contribution in [-0.4, -0.2) is 67.0 Å². The molecule has 36 heavy (non-hydrogen) atoms. The number of carbonyl (C=O) groups excluding carboxylic acids is 5. The van der Waals surface area contributed by atoms with Gasteiger partial charge >= 0.3 is 23.9 Å². The molecular weight excluding hydrogens is 474 g/mol. The SMILES string of the molecule is CC(=O)OC[C@@H]1O[C@H](OC(C)=O)[C@H](NC(=O)c2ccc3ccccc3c2)[C@H](OC(C)=O)[C@H]1OC(C)=O. The maximum absolute atomic E-state index is 13.2. The zero-order valence-electron chi connectivity index (χ0n) is 20.2. The van der Waals surface area contributed by atoms with Gasteiger partial charge in [0, 0.05) is 33.3 Å². The topological polar surface area (TPSA) is 144 Å². The minimum Gasteiger partial charge on any atom is -0.463 e. The molecule has 192 valence electrons. The molecule has 0 aliphatic carbocycles. The summed E-state index contributed by atoms with van der Waals surface area (Å²) >= 11 is 0. The molecule has 0 aromatic heterocycles. The normalized spacial score (nSPS) is 23.3. The number of rotatable bonds is 7. The third-order valence-electron chi connectivity index (χ3n) is 5.29. The van der Waals surface area contributed by atoms with Crippen LogP contribution in [0.25, 0.3) is 10.8 Å². The first-order valence-corrected chi connectivity index (χ1v) is 11.1. The van der Waals surface area contributed by atoms with E-state index in [1.807, 2.05) is 24.3 Å². The van der Waals surface area contributed by atoms with Gasteiger partial charge in [0.1, 0.15) is 18.8 Å². The maximum Gasteiger partial charge on any atom is 0.305 e. The zero-order chi connectivity index (χ0) is 26.4. The monoisotopic (exact) mass is 501 g/mol. The number of carbonyl (C=O) groups is 5. The molecule has 1 amide bonds. The standard InChI is InChI=1S/C25H27NO10/c1-13(27)32-12-20-22(33-14(2)28)23(34-15(3)29)21(25(36-20)35-16(4)30)26-24(31)19-10-9-17-7-5-6-8-18(17)11-19/h5-11,20-23,25H,12H2,1-4H3,(H,26,31)/t20-,21+,22-,23-,25-/m0/s1. The Morgan fingerprint density at radius 2 is 1.39 bits per heavy atom. The highest BCUT2D eigenvalue weighted by Gasteiger charge is 2.52. The summed E-state index contributed by atoms with van der Waals surface area (Å²) in [5.41, 5.74) is 0.280. The fraction of sp³-hybridized carbons (Fsp3) is 0.400. The van der Waals surface area contributed by atoms with Crippen molar-refractivity contribution in [2.45, 2.75) is 58.3 Å². The van der Waals surface area contributed by atoms with Crippen molar-refractivity contribution in [3.05, 3.63) is 48.0 Å². The van der Waals surface area contributed by atoms with Crippen molar-refractivity contribution in [2.75, 3.05) is 6.61 Å². The highest BCUT2D eigenvalue weighted by Crippen LogP contribution is 2.28. The van der Waals surface area contributed by atoms with Gasteiger partial charge in [0.15, 0.2) is 12.2 Å². The van der Waals surface area contributed by atoms with Crippen LogP contribution in [0.15, 0.2) is 42.5 Å². The molecule has 0 unspecified atom stereocenters. The molecule has 0 bridgehead atoms. The predicted octanol–water partition coefficient (Wildman–Crippen LogP) is 1.65. The van der Waals surface area contributed by atoms with E-state index >= 15 is 0 Å². The van der Waals surface area contributed by atoms with Crippen molar-refractivity contribution in [1.29, 1.82) is 0 Å². The van der Waals surface area contributed by atoms with E-state index in [4.69, 9.17) is 23.7 Å². The summed E-state index contributed by atoms with van der Waals surface area (Å²) in [6, 6.07) is 11.2. The van der Waals surface area contributed by atoms with Gasteiger partial charge in [-0.3, -0.25) is 24.0 Å². The number of ether oxygens (including phenoxy) is 5. The Labute approximate surface area is 207 Å². The Kier molecular flexibility index (Phi) is 8.59. The van der Waals surface area contributed by atoms with E-state index in [9.17, 15) is 24.0 Å². The van der Waals surface area contributed by atoms with E-state index < -0.39 is 67.0 Å². The maximum atomic E-state index is 13.2.